The average Bonchev–Trinajstić information content (AvgIpc) is 3.61. The second-order valence-electron chi connectivity index (χ2n) is 8.90. The molecule has 7 rings (SSSR count). The molecule has 0 spiro atoms. The number of pyridine rings is 1. The van der Waals surface area contributed by atoms with E-state index in [1.54, 1.807) is 17.1 Å². The number of rotatable bonds is 4. The Morgan fingerprint density at radius 1 is 0.943 bits per heavy atom. The van der Waals surface area contributed by atoms with E-state index in [1.807, 2.05) is 48.5 Å². The standard InChI is InChI=1S/C28H22N6O/c35-28-33-27(32-23-11-9-17-5-1-2-6-19(17)23)26(21-13-14-29-22-8-4-3-7-20(21)22)34(28)18-10-12-24-25(15-18)31-16-30-24/h1-8,10,12-16,23,32H,9,11H2,(H,30,31)(H,33,35). The van der Waals surface area contributed by atoms with E-state index in [-0.39, 0.29) is 11.7 Å². The molecule has 0 amide bonds. The van der Waals surface area contributed by atoms with Gasteiger partial charge in [0, 0.05) is 17.1 Å². The van der Waals surface area contributed by atoms with E-state index in [0.29, 0.717) is 5.82 Å². The molecule has 1 aliphatic rings. The molecule has 170 valence electrons. The minimum atomic E-state index is -0.200. The number of benzene rings is 3. The van der Waals surface area contributed by atoms with Crippen molar-refractivity contribution in [2.75, 3.05) is 5.32 Å². The molecule has 0 saturated heterocycles. The highest BCUT2D eigenvalue weighted by molar-refractivity contribution is 5.96. The van der Waals surface area contributed by atoms with Crippen LogP contribution in [0.1, 0.15) is 23.6 Å². The summed E-state index contributed by atoms with van der Waals surface area (Å²) in [6.45, 7) is 0. The maximum atomic E-state index is 13.5. The molecule has 3 heterocycles. The van der Waals surface area contributed by atoms with E-state index in [1.165, 1.54) is 11.1 Å². The average molecular weight is 459 g/mol. The molecule has 3 N–H and O–H groups in total. The fourth-order valence-electron chi connectivity index (χ4n) is 5.29. The largest absolute Gasteiger partial charge is 0.363 e. The third-order valence-corrected chi connectivity index (χ3v) is 6.91. The molecule has 0 aliphatic heterocycles. The van der Waals surface area contributed by atoms with Crippen molar-refractivity contribution in [1.29, 1.82) is 0 Å². The summed E-state index contributed by atoms with van der Waals surface area (Å²) in [6, 6.07) is 24.4. The van der Waals surface area contributed by atoms with E-state index in [0.717, 1.165) is 51.7 Å². The number of aryl methyl sites for hydroxylation is 1. The maximum absolute atomic E-state index is 13.5. The van der Waals surface area contributed by atoms with E-state index in [9.17, 15) is 4.79 Å². The third kappa shape index (κ3) is 3.16. The first kappa shape index (κ1) is 19.8. The van der Waals surface area contributed by atoms with Crippen LogP contribution in [0.3, 0.4) is 0 Å². The fourth-order valence-corrected chi connectivity index (χ4v) is 5.29. The topological polar surface area (TPSA) is 91.4 Å². The van der Waals surface area contributed by atoms with Gasteiger partial charge in [-0.25, -0.2) is 9.78 Å². The molecule has 6 aromatic rings. The second-order valence-corrected chi connectivity index (χ2v) is 8.90. The van der Waals surface area contributed by atoms with Crippen LogP contribution < -0.4 is 11.0 Å². The van der Waals surface area contributed by atoms with Crippen LogP contribution in [0.25, 0.3) is 38.9 Å². The molecule has 7 heteroatoms. The Kier molecular flexibility index (Phi) is 4.35. The maximum Gasteiger partial charge on any atom is 0.332 e. The number of para-hydroxylation sites is 1. The van der Waals surface area contributed by atoms with Crippen molar-refractivity contribution in [3.8, 4) is 16.9 Å². The number of hydrogen-bond acceptors (Lipinski definition) is 4. The van der Waals surface area contributed by atoms with Gasteiger partial charge in [-0.3, -0.25) is 14.5 Å². The Morgan fingerprint density at radius 2 is 1.83 bits per heavy atom. The SMILES string of the molecule is O=c1[nH]c(NC2CCc3ccccc32)c(-c2ccnc3ccccc23)n1-c1ccc2nc[nH]c2c1. The number of H-pyrrole nitrogens is 2. The number of hydrogen-bond donors (Lipinski definition) is 3. The van der Waals surface area contributed by atoms with Crippen LogP contribution in [0.4, 0.5) is 5.82 Å². The van der Waals surface area contributed by atoms with Crippen molar-refractivity contribution < 1.29 is 0 Å². The number of fused-ring (bicyclic) bond motifs is 3. The second kappa shape index (κ2) is 7.70. The summed E-state index contributed by atoms with van der Waals surface area (Å²) in [5, 5.41) is 4.66. The van der Waals surface area contributed by atoms with E-state index in [2.05, 4.69) is 49.5 Å². The van der Waals surface area contributed by atoms with E-state index < -0.39 is 0 Å². The molecular weight excluding hydrogens is 436 g/mol. The Bertz CT molecular complexity index is 1770. The van der Waals surface area contributed by atoms with Gasteiger partial charge in [-0.05, 0) is 54.3 Å². The molecule has 1 aliphatic carbocycles. The first-order valence-electron chi connectivity index (χ1n) is 11.7. The summed E-state index contributed by atoms with van der Waals surface area (Å²) in [6.07, 6.45) is 5.45. The summed E-state index contributed by atoms with van der Waals surface area (Å²) in [7, 11) is 0. The normalized spacial score (nSPS) is 15.0. The van der Waals surface area contributed by atoms with Gasteiger partial charge in [-0.1, -0.05) is 42.5 Å². The smallest absolute Gasteiger partial charge is 0.332 e. The molecule has 3 aromatic carbocycles. The van der Waals surface area contributed by atoms with Crippen molar-refractivity contribution in [2.45, 2.75) is 18.9 Å². The van der Waals surface area contributed by atoms with Gasteiger partial charge in [0.05, 0.1) is 40.3 Å². The zero-order chi connectivity index (χ0) is 23.4. The highest BCUT2D eigenvalue weighted by Gasteiger charge is 2.26. The number of aromatic amines is 2. The first-order chi connectivity index (χ1) is 17.3. The highest BCUT2D eigenvalue weighted by atomic mass is 16.1. The zero-order valence-electron chi connectivity index (χ0n) is 18.8. The number of aromatic nitrogens is 5. The van der Waals surface area contributed by atoms with Gasteiger partial charge < -0.3 is 10.3 Å². The summed E-state index contributed by atoms with van der Waals surface area (Å²) >= 11 is 0. The summed E-state index contributed by atoms with van der Waals surface area (Å²) in [5.41, 5.74) is 7.54. The molecule has 0 fully saturated rings. The van der Waals surface area contributed by atoms with Gasteiger partial charge in [0.2, 0.25) is 0 Å². The molecule has 1 unspecified atom stereocenters. The zero-order valence-corrected chi connectivity index (χ0v) is 18.8. The summed E-state index contributed by atoms with van der Waals surface area (Å²) in [4.78, 5) is 28.6. The van der Waals surface area contributed by atoms with Gasteiger partial charge >= 0.3 is 5.69 Å². The Morgan fingerprint density at radius 3 is 2.80 bits per heavy atom. The lowest BCUT2D eigenvalue weighted by atomic mass is 10.0. The van der Waals surface area contributed by atoms with Crippen LogP contribution in [0.2, 0.25) is 0 Å². The van der Waals surface area contributed by atoms with Gasteiger partial charge in [0.25, 0.3) is 0 Å². The lowest BCUT2D eigenvalue weighted by molar-refractivity contribution is 0.758. The third-order valence-electron chi connectivity index (χ3n) is 6.91. The molecule has 3 aromatic heterocycles. The van der Waals surface area contributed by atoms with Gasteiger partial charge in [-0.2, -0.15) is 0 Å². The number of nitrogens with zero attached hydrogens (tertiary/aromatic N) is 3. The Hall–Kier alpha value is -4.65. The summed E-state index contributed by atoms with van der Waals surface area (Å²) < 4.78 is 1.74. The lowest BCUT2D eigenvalue weighted by Crippen LogP contribution is -2.15. The Labute approximate surface area is 200 Å². The molecule has 0 bridgehead atoms. The van der Waals surface area contributed by atoms with E-state index in [4.69, 9.17) is 0 Å². The number of anilines is 1. The van der Waals surface area contributed by atoms with Gasteiger partial charge in [-0.15, -0.1) is 0 Å². The molecule has 1 atom stereocenters. The lowest BCUT2D eigenvalue weighted by Gasteiger charge is -2.17. The van der Waals surface area contributed by atoms with Crippen LogP contribution in [-0.2, 0) is 6.42 Å². The quantitative estimate of drug-likeness (QED) is 0.332. The van der Waals surface area contributed by atoms with E-state index >= 15 is 0 Å². The van der Waals surface area contributed by atoms with Crippen molar-refractivity contribution in [3.05, 3.63) is 107 Å². The highest BCUT2D eigenvalue weighted by Crippen LogP contribution is 2.38. The minimum absolute atomic E-state index is 0.125. The molecule has 7 nitrogen and oxygen atoms in total. The van der Waals surface area contributed by atoms with Crippen LogP contribution in [0.5, 0.6) is 0 Å². The molecule has 35 heavy (non-hydrogen) atoms. The molecular formula is C28H22N6O. The number of nitrogens with one attached hydrogen (secondary N) is 3. The van der Waals surface area contributed by atoms with Crippen LogP contribution >= 0.6 is 0 Å². The summed E-state index contributed by atoms with van der Waals surface area (Å²) in [5.74, 6) is 0.706. The van der Waals surface area contributed by atoms with Crippen molar-refractivity contribution in [3.63, 3.8) is 0 Å². The first-order valence-corrected chi connectivity index (χ1v) is 11.7. The van der Waals surface area contributed by atoms with Crippen LogP contribution in [-0.4, -0.2) is 24.5 Å². The Balaban J connectivity index is 1.46. The van der Waals surface area contributed by atoms with Crippen molar-refractivity contribution in [2.24, 2.45) is 0 Å². The molecule has 0 radical (unpaired) electrons. The van der Waals surface area contributed by atoms with Gasteiger partial charge in [0.15, 0.2) is 0 Å². The predicted molar refractivity (Wildman–Crippen MR) is 138 cm³/mol. The van der Waals surface area contributed by atoms with Crippen LogP contribution in [0, 0.1) is 0 Å². The number of imidazole rings is 2. The predicted octanol–water partition coefficient (Wildman–Crippen LogP) is 5.36. The van der Waals surface area contributed by atoms with Crippen molar-refractivity contribution in [1.82, 2.24) is 24.5 Å². The minimum Gasteiger partial charge on any atom is -0.363 e. The van der Waals surface area contributed by atoms with Gasteiger partial charge in [0.1, 0.15) is 5.82 Å². The van der Waals surface area contributed by atoms with Crippen LogP contribution in [0.15, 0.2) is 90.1 Å². The molecule has 0 saturated carbocycles. The monoisotopic (exact) mass is 458 g/mol. The van der Waals surface area contributed by atoms with Crippen molar-refractivity contribution >= 4 is 27.8 Å². The fraction of sp³-hybridized carbons (Fsp3) is 0.107.